The monoisotopic (exact) mass is 356 g/mol. The average molecular weight is 356 g/mol. The summed E-state index contributed by atoms with van der Waals surface area (Å²) in [6, 6.07) is 5.79. The van der Waals surface area contributed by atoms with Gasteiger partial charge >= 0.3 is 0 Å². The number of nitrogens with zero attached hydrogens (tertiary/aromatic N) is 3. The minimum Gasteiger partial charge on any atom is -0.347 e. The van der Waals surface area contributed by atoms with Crippen molar-refractivity contribution in [2.45, 2.75) is 58.4 Å². The van der Waals surface area contributed by atoms with Gasteiger partial charge in [-0.3, -0.25) is 14.0 Å². The van der Waals surface area contributed by atoms with Gasteiger partial charge in [-0.25, -0.2) is 4.98 Å². The lowest BCUT2D eigenvalue weighted by molar-refractivity contribution is 0.0752. The van der Waals surface area contributed by atoms with E-state index in [9.17, 15) is 9.59 Å². The molecule has 3 rings (SSSR count). The Balaban J connectivity index is 1.93. The molecule has 1 aliphatic carbocycles. The topological polar surface area (TPSA) is 66.7 Å². The Labute approximate surface area is 154 Å². The van der Waals surface area contributed by atoms with E-state index in [4.69, 9.17) is 0 Å². The smallest absolute Gasteiger partial charge is 0.287 e. The summed E-state index contributed by atoms with van der Waals surface area (Å²) in [5.74, 6) is -0.00389. The normalized spacial score (nSPS) is 14.7. The predicted octanol–water partition coefficient (Wildman–Crippen LogP) is 3.27. The van der Waals surface area contributed by atoms with Crippen LogP contribution < -0.4 is 5.32 Å². The van der Waals surface area contributed by atoms with Crippen molar-refractivity contribution in [3.8, 4) is 0 Å². The second-order valence-corrected chi connectivity index (χ2v) is 6.99. The Morgan fingerprint density at radius 2 is 1.88 bits per heavy atom. The van der Waals surface area contributed by atoms with E-state index in [1.807, 2.05) is 23.1 Å². The van der Waals surface area contributed by atoms with Crippen LogP contribution >= 0.6 is 0 Å². The molecular formula is C20H28N4O2. The molecule has 2 aromatic rings. The van der Waals surface area contributed by atoms with Crippen molar-refractivity contribution in [1.29, 1.82) is 0 Å². The maximum atomic E-state index is 13.0. The third-order valence-corrected chi connectivity index (χ3v) is 4.92. The fourth-order valence-electron chi connectivity index (χ4n) is 3.68. The molecule has 1 aliphatic rings. The van der Waals surface area contributed by atoms with E-state index in [1.165, 1.54) is 0 Å². The van der Waals surface area contributed by atoms with Crippen LogP contribution in [0.4, 0.5) is 0 Å². The van der Waals surface area contributed by atoms with Crippen LogP contribution in [0.15, 0.2) is 24.4 Å². The van der Waals surface area contributed by atoms with Crippen molar-refractivity contribution in [3.63, 3.8) is 0 Å². The molecule has 1 saturated carbocycles. The summed E-state index contributed by atoms with van der Waals surface area (Å²) < 4.78 is 1.73. The van der Waals surface area contributed by atoms with E-state index in [0.717, 1.165) is 38.5 Å². The van der Waals surface area contributed by atoms with Gasteiger partial charge in [0.15, 0.2) is 5.69 Å². The number of rotatable bonds is 7. The maximum Gasteiger partial charge on any atom is 0.287 e. The Kier molecular flexibility index (Phi) is 5.91. The molecule has 0 aromatic carbocycles. The molecule has 1 fully saturated rings. The lowest BCUT2D eigenvalue weighted by Crippen LogP contribution is -2.34. The number of fused-ring (bicyclic) bond motifs is 1. The van der Waals surface area contributed by atoms with Crippen molar-refractivity contribution in [2.75, 3.05) is 13.1 Å². The van der Waals surface area contributed by atoms with Crippen LogP contribution in [-0.4, -0.2) is 45.2 Å². The summed E-state index contributed by atoms with van der Waals surface area (Å²) in [4.78, 5) is 32.1. The molecule has 6 heteroatoms. The second-order valence-electron chi connectivity index (χ2n) is 6.99. The van der Waals surface area contributed by atoms with Crippen LogP contribution in [0.1, 0.15) is 73.5 Å². The van der Waals surface area contributed by atoms with Crippen LogP contribution in [0.25, 0.3) is 5.52 Å². The minimum atomic E-state index is -0.199. The molecule has 6 nitrogen and oxygen atoms in total. The van der Waals surface area contributed by atoms with Crippen LogP contribution in [-0.2, 0) is 0 Å². The second kappa shape index (κ2) is 8.34. The van der Waals surface area contributed by atoms with Gasteiger partial charge in [0.25, 0.3) is 11.8 Å². The molecule has 2 aromatic heterocycles. The number of pyridine rings is 1. The van der Waals surface area contributed by atoms with Gasteiger partial charge in [-0.2, -0.15) is 0 Å². The molecule has 2 amide bonds. The molecule has 2 heterocycles. The Bertz CT molecular complexity index is 771. The van der Waals surface area contributed by atoms with Crippen LogP contribution in [0.2, 0.25) is 0 Å². The quantitative estimate of drug-likeness (QED) is 0.828. The number of imidazole rings is 1. The third-order valence-electron chi connectivity index (χ3n) is 4.92. The lowest BCUT2D eigenvalue weighted by Gasteiger charge is -2.20. The van der Waals surface area contributed by atoms with Crippen LogP contribution in [0, 0.1) is 0 Å². The molecule has 1 N–H and O–H groups in total. The lowest BCUT2D eigenvalue weighted by atomic mass is 10.2. The summed E-state index contributed by atoms with van der Waals surface area (Å²) in [5, 5.41) is 3.07. The summed E-state index contributed by atoms with van der Waals surface area (Å²) in [6.07, 6.45) is 7.93. The van der Waals surface area contributed by atoms with E-state index >= 15 is 0 Å². The van der Waals surface area contributed by atoms with E-state index in [1.54, 1.807) is 10.6 Å². The molecule has 0 atom stereocenters. The number of carbonyl (C=O) groups is 2. The van der Waals surface area contributed by atoms with E-state index < -0.39 is 0 Å². The SMILES string of the molecule is CCCN(CCC)C(=O)c1nc(C(=O)NC2CCCC2)n2ccccc12. The first-order valence-electron chi connectivity index (χ1n) is 9.72. The average Bonchev–Trinajstić information content (AvgIpc) is 3.28. The number of amides is 2. The first-order valence-corrected chi connectivity index (χ1v) is 9.72. The highest BCUT2D eigenvalue weighted by molar-refractivity contribution is 6.02. The molecule has 0 unspecified atom stereocenters. The van der Waals surface area contributed by atoms with Gasteiger partial charge in [-0.15, -0.1) is 0 Å². The zero-order valence-electron chi connectivity index (χ0n) is 15.7. The largest absolute Gasteiger partial charge is 0.347 e. The van der Waals surface area contributed by atoms with E-state index in [2.05, 4.69) is 24.1 Å². The number of hydrogen-bond acceptors (Lipinski definition) is 3. The zero-order chi connectivity index (χ0) is 18.5. The fourth-order valence-corrected chi connectivity index (χ4v) is 3.68. The van der Waals surface area contributed by atoms with Gasteiger partial charge in [-0.1, -0.05) is 32.8 Å². The van der Waals surface area contributed by atoms with Gasteiger partial charge in [0.1, 0.15) is 0 Å². The minimum absolute atomic E-state index is 0.0997. The highest BCUT2D eigenvalue weighted by Gasteiger charge is 2.26. The summed E-state index contributed by atoms with van der Waals surface area (Å²) in [7, 11) is 0. The highest BCUT2D eigenvalue weighted by atomic mass is 16.2. The van der Waals surface area contributed by atoms with Crippen molar-refractivity contribution >= 4 is 17.3 Å². The van der Waals surface area contributed by atoms with E-state index in [-0.39, 0.29) is 17.9 Å². The van der Waals surface area contributed by atoms with Crippen molar-refractivity contribution in [3.05, 3.63) is 35.9 Å². The Hall–Kier alpha value is -2.37. The van der Waals surface area contributed by atoms with Gasteiger partial charge in [0.05, 0.1) is 5.52 Å². The van der Waals surface area contributed by atoms with Crippen molar-refractivity contribution in [2.24, 2.45) is 0 Å². The van der Waals surface area contributed by atoms with Gasteiger partial charge in [0, 0.05) is 25.3 Å². The van der Waals surface area contributed by atoms with Crippen LogP contribution in [0.5, 0.6) is 0 Å². The first kappa shape index (κ1) is 18.4. The maximum absolute atomic E-state index is 13.0. The molecule has 0 spiro atoms. The molecule has 26 heavy (non-hydrogen) atoms. The molecule has 0 saturated heterocycles. The fraction of sp³-hybridized carbons (Fsp3) is 0.550. The highest BCUT2D eigenvalue weighted by Crippen LogP contribution is 2.20. The number of hydrogen-bond donors (Lipinski definition) is 1. The molecule has 140 valence electrons. The summed E-state index contributed by atoms with van der Waals surface area (Å²) in [5.41, 5.74) is 1.05. The predicted molar refractivity (Wildman–Crippen MR) is 101 cm³/mol. The molecular weight excluding hydrogens is 328 g/mol. The van der Waals surface area contributed by atoms with Gasteiger partial charge < -0.3 is 10.2 Å². The third kappa shape index (κ3) is 3.74. The Morgan fingerprint density at radius 1 is 1.19 bits per heavy atom. The summed E-state index contributed by atoms with van der Waals surface area (Å²) >= 11 is 0. The van der Waals surface area contributed by atoms with Crippen molar-refractivity contribution in [1.82, 2.24) is 19.6 Å². The van der Waals surface area contributed by atoms with E-state index in [0.29, 0.717) is 30.1 Å². The number of nitrogens with one attached hydrogen (secondary N) is 1. The number of aromatic nitrogens is 2. The summed E-state index contributed by atoms with van der Waals surface area (Å²) in [6.45, 7) is 5.51. The molecule has 0 bridgehead atoms. The first-order chi connectivity index (χ1) is 12.7. The van der Waals surface area contributed by atoms with Crippen LogP contribution in [0.3, 0.4) is 0 Å². The standard InChI is InChI=1S/C20H28N4O2/c1-3-12-23(13-4-2)20(26)17-16-11-7-8-14-24(16)18(22-17)19(25)21-15-9-5-6-10-15/h7-8,11,14-15H,3-6,9-10,12-13H2,1-2H3,(H,21,25). The van der Waals surface area contributed by atoms with Gasteiger partial charge in [0.2, 0.25) is 5.82 Å². The van der Waals surface area contributed by atoms with Gasteiger partial charge in [-0.05, 0) is 37.8 Å². The number of carbonyl (C=O) groups excluding carboxylic acids is 2. The molecule has 0 radical (unpaired) electrons. The molecule has 0 aliphatic heterocycles. The Morgan fingerprint density at radius 3 is 2.54 bits per heavy atom. The zero-order valence-corrected chi connectivity index (χ0v) is 15.7. The van der Waals surface area contributed by atoms with Crippen molar-refractivity contribution < 1.29 is 9.59 Å².